The van der Waals surface area contributed by atoms with E-state index >= 15 is 0 Å². The van der Waals surface area contributed by atoms with E-state index in [1.165, 1.54) is 11.8 Å². The third kappa shape index (κ3) is 4.75. The standard InChI is InChI=1S/C18H25N3O3S/c1-11(2)21(12(3)4)17(22)13(5)25-18-20-19-16(24-18)14-7-9-15(23-6)10-8-14/h7-13H,1-6H3. The molecule has 2 rings (SSSR count). The second-order valence-electron chi connectivity index (χ2n) is 6.29. The molecule has 6 nitrogen and oxygen atoms in total. The molecule has 0 fully saturated rings. The van der Waals surface area contributed by atoms with Gasteiger partial charge in [-0.15, -0.1) is 10.2 Å². The number of carbonyl (C=O) groups excluding carboxylic acids is 1. The maximum atomic E-state index is 12.7. The Bertz CT molecular complexity index is 690. The number of amides is 1. The van der Waals surface area contributed by atoms with Gasteiger partial charge >= 0.3 is 0 Å². The van der Waals surface area contributed by atoms with Crippen molar-refractivity contribution in [1.82, 2.24) is 15.1 Å². The highest BCUT2D eigenvalue weighted by molar-refractivity contribution is 8.00. The summed E-state index contributed by atoms with van der Waals surface area (Å²) in [5.41, 5.74) is 0.810. The second kappa shape index (κ2) is 8.38. The van der Waals surface area contributed by atoms with Crippen LogP contribution in [0.15, 0.2) is 33.9 Å². The number of ether oxygens (including phenoxy) is 1. The molecule has 0 saturated heterocycles. The van der Waals surface area contributed by atoms with E-state index in [0.29, 0.717) is 11.1 Å². The Morgan fingerprint density at radius 1 is 1.08 bits per heavy atom. The highest BCUT2D eigenvalue weighted by Crippen LogP contribution is 2.28. The van der Waals surface area contributed by atoms with E-state index in [4.69, 9.17) is 9.15 Å². The minimum absolute atomic E-state index is 0.0687. The second-order valence-corrected chi connectivity index (χ2v) is 7.59. The third-order valence-electron chi connectivity index (χ3n) is 3.74. The Labute approximate surface area is 152 Å². The molecule has 7 heteroatoms. The summed E-state index contributed by atoms with van der Waals surface area (Å²) in [7, 11) is 1.62. The van der Waals surface area contributed by atoms with Crippen LogP contribution < -0.4 is 4.74 Å². The molecule has 0 aliphatic carbocycles. The first-order valence-electron chi connectivity index (χ1n) is 8.30. The van der Waals surface area contributed by atoms with Crippen LogP contribution in [0, 0.1) is 0 Å². The van der Waals surface area contributed by atoms with Crippen molar-refractivity contribution in [2.75, 3.05) is 7.11 Å². The molecule has 1 aromatic heterocycles. The van der Waals surface area contributed by atoms with Crippen molar-refractivity contribution in [2.45, 2.75) is 57.2 Å². The van der Waals surface area contributed by atoms with E-state index in [1.54, 1.807) is 7.11 Å². The van der Waals surface area contributed by atoms with Gasteiger partial charge in [0.25, 0.3) is 5.22 Å². The zero-order valence-electron chi connectivity index (χ0n) is 15.5. The lowest BCUT2D eigenvalue weighted by Crippen LogP contribution is -2.45. The van der Waals surface area contributed by atoms with Crippen LogP contribution in [-0.4, -0.2) is 45.4 Å². The fraction of sp³-hybridized carbons (Fsp3) is 0.500. The monoisotopic (exact) mass is 363 g/mol. The van der Waals surface area contributed by atoms with Gasteiger partial charge in [-0.25, -0.2) is 0 Å². The third-order valence-corrected chi connectivity index (χ3v) is 4.66. The SMILES string of the molecule is COc1ccc(-c2nnc(SC(C)C(=O)N(C(C)C)C(C)C)o2)cc1. The highest BCUT2D eigenvalue weighted by Gasteiger charge is 2.27. The van der Waals surface area contributed by atoms with Crippen LogP contribution >= 0.6 is 11.8 Å². The Hall–Kier alpha value is -2.02. The van der Waals surface area contributed by atoms with Gasteiger partial charge in [0.05, 0.1) is 12.4 Å². The van der Waals surface area contributed by atoms with Gasteiger partial charge in [0, 0.05) is 17.6 Å². The molecule has 1 unspecified atom stereocenters. The minimum atomic E-state index is -0.297. The summed E-state index contributed by atoms with van der Waals surface area (Å²) in [6, 6.07) is 7.67. The van der Waals surface area contributed by atoms with Crippen LogP contribution in [0.4, 0.5) is 0 Å². The Morgan fingerprint density at radius 3 is 2.20 bits per heavy atom. The van der Waals surface area contributed by atoms with Crippen molar-refractivity contribution in [3.05, 3.63) is 24.3 Å². The topological polar surface area (TPSA) is 68.5 Å². The van der Waals surface area contributed by atoms with Crippen LogP contribution in [0.5, 0.6) is 5.75 Å². The van der Waals surface area contributed by atoms with Gasteiger partial charge < -0.3 is 14.1 Å². The van der Waals surface area contributed by atoms with Gasteiger partial charge in [-0.1, -0.05) is 11.8 Å². The van der Waals surface area contributed by atoms with Gasteiger partial charge in [0.15, 0.2) is 0 Å². The fourth-order valence-electron chi connectivity index (χ4n) is 2.62. The number of carbonyl (C=O) groups is 1. The first-order valence-corrected chi connectivity index (χ1v) is 9.18. The summed E-state index contributed by atoms with van der Waals surface area (Å²) >= 11 is 1.28. The van der Waals surface area contributed by atoms with Crippen molar-refractivity contribution in [3.63, 3.8) is 0 Å². The Balaban J connectivity index is 2.08. The molecule has 0 bridgehead atoms. The van der Waals surface area contributed by atoms with E-state index in [-0.39, 0.29) is 23.2 Å². The van der Waals surface area contributed by atoms with E-state index in [9.17, 15) is 4.79 Å². The van der Waals surface area contributed by atoms with Crippen LogP contribution in [0.25, 0.3) is 11.5 Å². The van der Waals surface area contributed by atoms with Gasteiger partial charge in [-0.3, -0.25) is 4.79 Å². The maximum Gasteiger partial charge on any atom is 0.277 e. The molecular weight excluding hydrogens is 338 g/mol. The molecule has 0 radical (unpaired) electrons. The molecule has 2 aromatic rings. The number of methoxy groups -OCH3 is 1. The zero-order chi connectivity index (χ0) is 18.6. The summed E-state index contributed by atoms with van der Waals surface area (Å²) in [6.07, 6.45) is 0. The van der Waals surface area contributed by atoms with E-state index < -0.39 is 0 Å². The summed E-state index contributed by atoms with van der Waals surface area (Å²) in [4.78, 5) is 14.6. The Morgan fingerprint density at radius 2 is 1.68 bits per heavy atom. The van der Waals surface area contributed by atoms with Crippen molar-refractivity contribution in [1.29, 1.82) is 0 Å². The maximum absolute atomic E-state index is 12.7. The van der Waals surface area contributed by atoms with Crippen molar-refractivity contribution in [3.8, 4) is 17.2 Å². The molecule has 1 aromatic carbocycles. The predicted octanol–water partition coefficient (Wildman–Crippen LogP) is 3.87. The first-order chi connectivity index (χ1) is 11.8. The minimum Gasteiger partial charge on any atom is -0.497 e. The van der Waals surface area contributed by atoms with Crippen molar-refractivity contribution < 1.29 is 13.9 Å². The lowest BCUT2D eigenvalue weighted by molar-refractivity contribution is -0.133. The summed E-state index contributed by atoms with van der Waals surface area (Å²) < 4.78 is 10.8. The molecule has 0 N–H and O–H groups in total. The first kappa shape index (κ1) is 19.3. The molecule has 1 atom stereocenters. The van der Waals surface area contributed by atoms with E-state index in [0.717, 1.165) is 11.3 Å². The summed E-state index contributed by atoms with van der Waals surface area (Å²) in [5, 5.41) is 8.21. The van der Waals surface area contributed by atoms with Crippen molar-refractivity contribution >= 4 is 17.7 Å². The average molecular weight is 363 g/mol. The molecule has 0 spiro atoms. The summed E-state index contributed by atoms with van der Waals surface area (Å²) in [5.74, 6) is 1.26. The highest BCUT2D eigenvalue weighted by atomic mass is 32.2. The Kier molecular flexibility index (Phi) is 6.47. The van der Waals surface area contributed by atoms with Crippen LogP contribution in [0.2, 0.25) is 0 Å². The number of benzene rings is 1. The molecule has 25 heavy (non-hydrogen) atoms. The van der Waals surface area contributed by atoms with Gasteiger partial charge in [0.1, 0.15) is 5.75 Å². The van der Waals surface area contributed by atoms with Gasteiger partial charge in [0.2, 0.25) is 11.8 Å². The molecule has 1 amide bonds. The van der Waals surface area contributed by atoms with Gasteiger partial charge in [-0.2, -0.15) is 0 Å². The number of rotatable bonds is 7. The lowest BCUT2D eigenvalue weighted by atomic mass is 10.2. The van der Waals surface area contributed by atoms with Gasteiger partial charge in [-0.05, 0) is 58.9 Å². The van der Waals surface area contributed by atoms with Crippen LogP contribution in [-0.2, 0) is 4.79 Å². The summed E-state index contributed by atoms with van der Waals surface area (Å²) in [6.45, 7) is 9.93. The van der Waals surface area contributed by atoms with Crippen molar-refractivity contribution in [2.24, 2.45) is 0 Å². The zero-order valence-corrected chi connectivity index (χ0v) is 16.3. The molecular formula is C18H25N3O3S. The van der Waals surface area contributed by atoms with E-state index in [2.05, 4.69) is 10.2 Å². The normalized spacial score (nSPS) is 12.5. The number of hydrogen-bond acceptors (Lipinski definition) is 6. The number of thioether (sulfide) groups is 1. The van der Waals surface area contributed by atoms with Crippen LogP contribution in [0.3, 0.4) is 0 Å². The smallest absolute Gasteiger partial charge is 0.277 e. The molecule has 0 aliphatic heterocycles. The predicted molar refractivity (Wildman–Crippen MR) is 98.7 cm³/mol. The number of hydrogen-bond donors (Lipinski definition) is 0. The quantitative estimate of drug-likeness (QED) is 0.696. The molecule has 0 saturated carbocycles. The lowest BCUT2D eigenvalue weighted by Gasteiger charge is -2.32. The molecule has 0 aliphatic rings. The fourth-order valence-corrected chi connectivity index (χ4v) is 3.36. The van der Waals surface area contributed by atoms with Crippen LogP contribution in [0.1, 0.15) is 34.6 Å². The van der Waals surface area contributed by atoms with E-state index in [1.807, 2.05) is 63.8 Å². The average Bonchev–Trinajstić information content (AvgIpc) is 3.02. The number of nitrogens with zero attached hydrogens (tertiary/aromatic N) is 3. The number of aromatic nitrogens is 2. The molecule has 136 valence electrons. The molecule has 1 heterocycles. The largest absolute Gasteiger partial charge is 0.497 e.